The molecule has 1 aliphatic carbocycles. The van der Waals surface area contributed by atoms with E-state index in [2.05, 4.69) is 24.3 Å². The van der Waals surface area contributed by atoms with Gasteiger partial charge < -0.3 is 14.6 Å². The van der Waals surface area contributed by atoms with Crippen LogP contribution in [0.1, 0.15) is 23.5 Å². The maximum absolute atomic E-state index is 12.7. The Hall–Kier alpha value is -2.86. The van der Waals surface area contributed by atoms with Gasteiger partial charge in [0, 0.05) is 12.3 Å². The van der Waals surface area contributed by atoms with Gasteiger partial charge in [0.05, 0.1) is 19.3 Å². The highest BCUT2D eigenvalue weighted by molar-refractivity contribution is 5.86. The van der Waals surface area contributed by atoms with E-state index in [1.165, 1.54) is 4.90 Å². The van der Waals surface area contributed by atoms with Gasteiger partial charge in [-0.1, -0.05) is 48.5 Å². The predicted molar refractivity (Wildman–Crippen MR) is 96.5 cm³/mol. The average Bonchev–Trinajstić information content (AvgIpc) is 3.37. The van der Waals surface area contributed by atoms with Crippen molar-refractivity contribution >= 4 is 12.1 Å². The molecular weight excluding hydrogens is 346 g/mol. The summed E-state index contributed by atoms with van der Waals surface area (Å²) >= 11 is 0. The summed E-state index contributed by atoms with van der Waals surface area (Å²) in [4.78, 5) is 25.8. The van der Waals surface area contributed by atoms with Crippen LogP contribution in [0, 0.1) is 0 Å². The van der Waals surface area contributed by atoms with Crippen LogP contribution in [0.5, 0.6) is 0 Å². The zero-order chi connectivity index (χ0) is 18.6. The molecule has 2 aromatic carbocycles. The van der Waals surface area contributed by atoms with Crippen molar-refractivity contribution in [2.45, 2.75) is 24.0 Å². The molecule has 0 radical (unpaired) electrons. The van der Waals surface area contributed by atoms with Crippen LogP contribution in [0.3, 0.4) is 0 Å². The molecule has 0 spiro atoms. The first-order valence-corrected chi connectivity index (χ1v) is 9.08. The van der Waals surface area contributed by atoms with Gasteiger partial charge in [-0.3, -0.25) is 4.90 Å². The number of hydrogen-bond acceptors (Lipinski definition) is 4. The number of rotatable bonds is 3. The third-order valence-electron chi connectivity index (χ3n) is 5.98. The smallest absolute Gasteiger partial charge is 0.410 e. The number of carboxylic acid groups (broad SMARTS) is 1. The molecule has 2 unspecified atom stereocenters. The fraction of sp³-hybridized carbons (Fsp3) is 0.333. The van der Waals surface area contributed by atoms with Gasteiger partial charge in [-0.05, 0) is 22.3 Å². The van der Waals surface area contributed by atoms with Crippen LogP contribution in [0.15, 0.2) is 48.5 Å². The number of aliphatic carboxylic acids is 1. The molecule has 2 aliphatic heterocycles. The van der Waals surface area contributed by atoms with Crippen molar-refractivity contribution in [2.24, 2.45) is 0 Å². The Labute approximate surface area is 156 Å². The van der Waals surface area contributed by atoms with Crippen molar-refractivity contribution in [2.75, 3.05) is 19.8 Å². The lowest BCUT2D eigenvalue weighted by Crippen LogP contribution is -2.56. The van der Waals surface area contributed by atoms with Gasteiger partial charge in [0.25, 0.3) is 0 Å². The minimum atomic E-state index is -1.28. The number of carboxylic acids is 1. The largest absolute Gasteiger partial charge is 0.479 e. The second-order valence-electron chi connectivity index (χ2n) is 7.39. The molecule has 1 amide bonds. The summed E-state index contributed by atoms with van der Waals surface area (Å²) in [6.07, 6.45) is -0.473. The molecule has 2 atom stereocenters. The Bertz CT molecular complexity index is 896. The zero-order valence-electron chi connectivity index (χ0n) is 14.6. The van der Waals surface area contributed by atoms with Gasteiger partial charge >= 0.3 is 12.1 Å². The van der Waals surface area contributed by atoms with Crippen molar-refractivity contribution in [3.63, 3.8) is 0 Å². The summed E-state index contributed by atoms with van der Waals surface area (Å²) in [6.45, 7) is 0.477. The quantitative estimate of drug-likeness (QED) is 0.905. The van der Waals surface area contributed by atoms with E-state index < -0.39 is 17.6 Å². The lowest BCUT2D eigenvalue weighted by molar-refractivity contribution is -0.151. The van der Waals surface area contributed by atoms with Crippen LogP contribution in [-0.4, -0.2) is 53.5 Å². The Kier molecular flexibility index (Phi) is 3.52. The molecule has 1 N–H and O–H groups in total. The highest BCUT2D eigenvalue weighted by atomic mass is 16.6. The Morgan fingerprint density at radius 2 is 1.74 bits per heavy atom. The number of morpholine rings is 1. The number of fused-ring (bicyclic) bond motifs is 5. The van der Waals surface area contributed by atoms with Gasteiger partial charge in [0.15, 0.2) is 5.54 Å². The Morgan fingerprint density at radius 1 is 1.11 bits per heavy atom. The molecule has 2 heterocycles. The summed E-state index contributed by atoms with van der Waals surface area (Å²) < 4.78 is 11.1. The van der Waals surface area contributed by atoms with E-state index >= 15 is 0 Å². The van der Waals surface area contributed by atoms with Crippen molar-refractivity contribution in [3.8, 4) is 11.1 Å². The standard InChI is InChI=1S/C21H19NO5/c23-19(24)21-9-13(27-12-21)10-22(21)20(25)26-11-18-16-7-3-1-5-14(16)15-6-2-4-8-17(15)18/h1-8,13,18H,9-12H2,(H,23,24). The van der Waals surface area contributed by atoms with Crippen molar-refractivity contribution in [1.82, 2.24) is 4.90 Å². The van der Waals surface area contributed by atoms with E-state index in [1.807, 2.05) is 24.3 Å². The van der Waals surface area contributed by atoms with Crippen molar-refractivity contribution in [1.29, 1.82) is 0 Å². The van der Waals surface area contributed by atoms with Crippen molar-refractivity contribution < 1.29 is 24.2 Å². The molecule has 2 aromatic rings. The van der Waals surface area contributed by atoms with Crippen LogP contribution in [0.25, 0.3) is 11.1 Å². The Morgan fingerprint density at radius 3 is 2.33 bits per heavy atom. The molecule has 3 aliphatic rings. The van der Waals surface area contributed by atoms with Crippen LogP contribution in [0.4, 0.5) is 4.79 Å². The second-order valence-corrected chi connectivity index (χ2v) is 7.39. The molecule has 2 saturated heterocycles. The lowest BCUT2D eigenvalue weighted by atomic mass is 9.98. The number of ether oxygens (including phenoxy) is 2. The molecule has 2 bridgehead atoms. The number of likely N-dealkylation sites (tertiary alicyclic amines) is 1. The predicted octanol–water partition coefficient (Wildman–Crippen LogP) is 2.86. The fourth-order valence-electron chi connectivity index (χ4n) is 4.62. The molecule has 6 heteroatoms. The van der Waals surface area contributed by atoms with E-state index in [-0.39, 0.29) is 31.8 Å². The van der Waals surface area contributed by atoms with Crippen LogP contribution in [-0.2, 0) is 14.3 Å². The minimum Gasteiger partial charge on any atom is -0.479 e. The van der Waals surface area contributed by atoms with E-state index in [9.17, 15) is 14.7 Å². The van der Waals surface area contributed by atoms with E-state index in [0.717, 1.165) is 22.3 Å². The highest BCUT2D eigenvalue weighted by Crippen LogP contribution is 2.45. The first-order chi connectivity index (χ1) is 13.1. The third kappa shape index (κ3) is 2.29. The van der Waals surface area contributed by atoms with Gasteiger partial charge in [0.2, 0.25) is 0 Å². The van der Waals surface area contributed by atoms with Crippen LogP contribution in [0.2, 0.25) is 0 Å². The Balaban J connectivity index is 1.38. The topological polar surface area (TPSA) is 76.1 Å². The summed E-state index contributed by atoms with van der Waals surface area (Å²) in [7, 11) is 0. The number of carbonyl (C=O) groups excluding carboxylic acids is 1. The van der Waals surface area contributed by atoms with Crippen LogP contribution >= 0.6 is 0 Å². The van der Waals surface area contributed by atoms with E-state index in [4.69, 9.17) is 9.47 Å². The van der Waals surface area contributed by atoms with Crippen molar-refractivity contribution in [3.05, 3.63) is 59.7 Å². The highest BCUT2D eigenvalue weighted by Gasteiger charge is 2.60. The molecule has 0 aromatic heterocycles. The monoisotopic (exact) mass is 365 g/mol. The average molecular weight is 365 g/mol. The fourth-order valence-corrected chi connectivity index (χ4v) is 4.62. The molecule has 5 rings (SSSR count). The molecular formula is C21H19NO5. The molecule has 2 fully saturated rings. The molecule has 0 saturated carbocycles. The third-order valence-corrected chi connectivity index (χ3v) is 5.98. The molecule has 138 valence electrons. The first kappa shape index (κ1) is 16.3. The summed E-state index contributed by atoms with van der Waals surface area (Å²) in [5, 5.41) is 9.62. The zero-order valence-corrected chi connectivity index (χ0v) is 14.6. The maximum Gasteiger partial charge on any atom is 0.410 e. The van der Waals surface area contributed by atoms with Gasteiger partial charge in [0.1, 0.15) is 6.61 Å². The number of amides is 1. The van der Waals surface area contributed by atoms with Gasteiger partial charge in [-0.15, -0.1) is 0 Å². The lowest BCUT2D eigenvalue weighted by Gasteiger charge is -2.34. The van der Waals surface area contributed by atoms with Gasteiger partial charge in [-0.2, -0.15) is 0 Å². The number of carbonyl (C=O) groups is 2. The summed E-state index contributed by atoms with van der Waals surface area (Å²) in [5.41, 5.74) is 3.29. The molecule has 27 heavy (non-hydrogen) atoms. The summed E-state index contributed by atoms with van der Waals surface area (Å²) in [6, 6.07) is 16.2. The maximum atomic E-state index is 12.7. The SMILES string of the molecule is O=C(OCC1c2ccccc2-c2ccccc21)N1CC2CC1(C(=O)O)CO2. The first-order valence-electron chi connectivity index (χ1n) is 9.08. The van der Waals surface area contributed by atoms with E-state index in [1.54, 1.807) is 0 Å². The van der Waals surface area contributed by atoms with Crippen LogP contribution < -0.4 is 0 Å². The number of hydrogen-bond donors (Lipinski definition) is 1. The normalized spacial score (nSPS) is 25.3. The molecule has 6 nitrogen and oxygen atoms in total. The summed E-state index contributed by atoms with van der Waals surface area (Å²) in [5.74, 6) is -1.07. The number of benzene rings is 2. The number of nitrogens with zero attached hydrogens (tertiary/aromatic N) is 1. The second kappa shape index (κ2) is 5.82. The van der Waals surface area contributed by atoms with E-state index in [0.29, 0.717) is 6.42 Å². The minimum absolute atomic E-state index is 0.0250. The van der Waals surface area contributed by atoms with Gasteiger partial charge in [-0.25, -0.2) is 9.59 Å².